The summed E-state index contributed by atoms with van der Waals surface area (Å²) in [7, 11) is 0. The van der Waals surface area contributed by atoms with Crippen molar-refractivity contribution in [3.8, 4) is 0 Å². The zero-order chi connectivity index (χ0) is 20.0. The Hall–Kier alpha value is -3.15. The van der Waals surface area contributed by atoms with Crippen molar-refractivity contribution < 1.29 is 14.4 Å². The van der Waals surface area contributed by atoms with E-state index in [0.29, 0.717) is 25.9 Å². The molecule has 148 valence electrons. The molecule has 3 aliphatic rings. The fourth-order valence-corrected chi connectivity index (χ4v) is 4.79. The number of benzene rings is 2. The van der Waals surface area contributed by atoms with E-state index in [1.807, 2.05) is 36.4 Å². The first-order valence-corrected chi connectivity index (χ1v) is 10.1. The number of carbonyl (C=O) groups is 3. The predicted molar refractivity (Wildman–Crippen MR) is 107 cm³/mol. The molecule has 29 heavy (non-hydrogen) atoms. The van der Waals surface area contributed by atoms with Gasteiger partial charge in [0.15, 0.2) is 0 Å². The molecular formula is C23H23N3O3. The number of imide groups is 1. The first kappa shape index (κ1) is 17.9. The van der Waals surface area contributed by atoms with Crippen LogP contribution in [0.15, 0.2) is 48.5 Å². The van der Waals surface area contributed by atoms with Crippen LogP contribution in [-0.2, 0) is 35.4 Å². The molecule has 1 N–H and O–H groups in total. The van der Waals surface area contributed by atoms with E-state index >= 15 is 0 Å². The first-order chi connectivity index (χ1) is 14.1. The third-order valence-corrected chi connectivity index (χ3v) is 6.45. The van der Waals surface area contributed by atoms with E-state index in [0.717, 1.165) is 28.9 Å². The summed E-state index contributed by atoms with van der Waals surface area (Å²) in [6.07, 6.45) is 2.58. The van der Waals surface area contributed by atoms with Gasteiger partial charge in [0.25, 0.3) is 5.91 Å². The van der Waals surface area contributed by atoms with Crippen LogP contribution in [0, 0.1) is 0 Å². The van der Waals surface area contributed by atoms with Gasteiger partial charge in [-0.3, -0.25) is 14.5 Å². The van der Waals surface area contributed by atoms with E-state index in [-0.39, 0.29) is 18.4 Å². The second-order valence-corrected chi connectivity index (χ2v) is 8.18. The molecule has 0 saturated carbocycles. The monoisotopic (exact) mass is 389 g/mol. The number of nitrogens with zero attached hydrogens (tertiary/aromatic N) is 2. The SMILES string of the molecule is O=C(CN1C(=O)NC2(CCc3ccccc3C2)C1=O)N1CCc2ccccc2C1. The van der Waals surface area contributed by atoms with Crippen molar-refractivity contribution in [3.05, 3.63) is 70.8 Å². The lowest BCUT2D eigenvalue weighted by Crippen LogP contribution is -2.51. The molecule has 1 saturated heterocycles. The Morgan fingerprint density at radius 1 is 0.931 bits per heavy atom. The lowest BCUT2D eigenvalue weighted by Gasteiger charge is -2.32. The fraction of sp³-hybridized carbons (Fsp3) is 0.348. The molecule has 2 aromatic rings. The zero-order valence-corrected chi connectivity index (χ0v) is 16.2. The molecular weight excluding hydrogens is 366 g/mol. The number of carbonyl (C=O) groups excluding carboxylic acids is 3. The van der Waals surface area contributed by atoms with Crippen LogP contribution >= 0.6 is 0 Å². The second kappa shape index (κ2) is 6.72. The molecule has 1 aliphatic carbocycles. The highest BCUT2D eigenvalue weighted by atomic mass is 16.2. The maximum Gasteiger partial charge on any atom is 0.325 e. The molecule has 6 nitrogen and oxygen atoms in total. The van der Waals surface area contributed by atoms with Crippen molar-refractivity contribution in [2.75, 3.05) is 13.1 Å². The van der Waals surface area contributed by atoms with Gasteiger partial charge in [0.2, 0.25) is 5.91 Å². The van der Waals surface area contributed by atoms with Crippen LogP contribution in [0.4, 0.5) is 4.79 Å². The van der Waals surface area contributed by atoms with Gasteiger partial charge >= 0.3 is 6.03 Å². The topological polar surface area (TPSA) is 69.7 Å². The Balaban J connectivity index is 1.31. The Kier molecular flexibility index (Phi) is 4.15. The molecule has 2 heterocycles. The van der Waals surface area contributed by atoms with Gasteiger partial charge in [-0.25, -0.2) is 4.79 Å². The lowest BCUT2D eigenvalue weighted by molar-refractivity contribution is -0.139. The highest BCUT2D eigenvalue weighted by Gasteiger charge is 2.52. The summed E-state index contributed by atoms with van der Waals surface area (Å²) in [6.45, 7) is 0.936. The van der Waals surface area contributed by atoms with Gasteiger partial charge in [0.1, 0.15) is 12.1 Å². The maximum atomic E-state index is 13.2. The molecule has 2 aliphatic heterocycles. The number of rotatable bonds is 2. The summed E-state index contributed by atoms with van der Waals surface area (Å²) < 4.78 is 0. The van der Waals surface area contributed by atoms with Gasteiger partial charge in [-0.2, -0.15) is 0 Å². The Morgan fingerprint density at radius 3 is 2.34 bits per heavy atom. The van der Waals surface area contributed by atoms with Gasteiger partial charge in [-0.15, -0.1) is 0 Å². The maximum absolute atomic E-state index is 13.2. The fourth-order valence-electron chi connectivity index (χ4n) is 4.79. The molecule has 1 spiro atoms. The number of fused-ring (bicyclic) bond motifs is 2. The normalized spacial score (nSPS) is 23.0. The third-order valence-electron chi connectivity index (χ3n) is 6.45. The van der Waals surface area contributed by atoms with Crippen LogP contribution in [0.1, 0.15) is 28.7 Å². The summed E-state index contributed by atoms with van der Waals surface area (Å²) in [4.78, 5) is 41.5. The van der Waals surface area contributed by atoms with Crippen LogP contribution in [-0.4, -0.2) is 46.3 Å². The van der Waals surface area contributed by atoms with Crippen molar-refractivity contribution in [2.24, 2.45) is 0 Å². The minimum absolute atomic E-state index is 0.184. The summed E-state index contributed by atoms with van der Waals surface area (Å²) in [5.74, 6) is -0.459. The van der Waals surface area contributed by atoms with E-state index < -0.39 is 11.6 Å². The molecule has 4 amide bonds. The summed E-state index contributed by atoms with van der Waals surface area (Å²) >= 11 is 0. The Morgan fingerprint density at radius 2 is 1.59 bits per heavy atom. The molecule has 0 bridgehead atoms. The molecule has 0 radical (unpaired) electrons. The van der Waals surface area contributed by atoms with E-state index in [1.165, 1.54) is 11.1 Å². The average Bonchev–Trinajstić information content (AvgIpc) is 2.97. The standard InChI is InChI=1S/C23H23N3O3/c27-20(25-12-10-17-6-2-4-8-19(17)14-25)15-26-21(28)23(24-22(26)29)11-9-16-5-1-3-7-18(16)13-23/h1-8H,9-15H2,(H,24,29). The van der Waals surface area contributed by atoms with Gasteiger partial charge in [0, 0.05) is 19.5 Å². The largest absolute Gasteiger partial charge is 0.336 e. The Bertz CT molecular complexity index is 1020. The highest BCUT2D eigenvalue weighted by molar-refractivity contribution is 6.09. The molecule has 0 aromatic heterocycles. The van der Waals surface area contributed by atoms with Crippen molar-refractivity contribution in [2.45, 2.75) is 37.8 Å². The number of hydrogen-bond donors (Lipinski definition) is 1. The van der Waals surface area contributed by atoms with Crippen molar-refractivity contribution >= 4 is 17.8 Å². The first-order valence-electron chi connectivity index (χ1n) is 10.1. The lowest BCUT2D eigenvalue weighted by atomic mass is 9.78. The van der Waals surface area contributed by atoms with E-state index in [9.17, 15) is 14.4 Å². The molecule has 6 heteroatoms. The smallest absolute Gasteiger partial charge is 0.325 e. The van der Waals surface area contributed by atoms with Gasteiger partial charge in [-0.05, 0) is 41.5 Å². The van der Waals surface area contributed by atoms with Gasteiger partial charge in [-0.1, -0.05) is 48.5 Å². The molecule has 1 atom stereocenters. The molecule has 1 fully saturated rings. The molecule has 5 rings (SSSR count). The molecule has 2 aromatic carbocycles. The van der Waals surface area contributed by atoms with E-state index in [4.69, 9.17) is 0 Å². The number of urea groups is 1. The average molecular weight is 389 g/mol. The van der Waals surface area contributed by atoms with Crippen LogP contribution < -0.4 is 5.32 Å². The Labute approximate surface area is 169 Å². The quantitative estimate of drug-likeness (QED) is 0.800. The second-order valence-electron chi connectivity index (χ2n) is 8.18. The predicted octanol–water partition coefficient (Wildman–Crippen LogP) is 2.05. The third kappa shape index (κ3) is 2.99. The zero-order valence-electron chi connectivity index (χ0n) is 16.2. The summed E-state index contributed by atoms with van der Waals surface area (Å²) in [5.41, 5.74) is 3.78. The highest BCUT2D eigenvalue weighted by Crippen LogP contribution is 2.33. The summed E-state index contributed by atoms with van der Waals surface area (Å²) in [6, 6.07) is 15.6. The number of hydrogen-bond acceptors (Lipinski definition) is 3. The van der Waals surface area contributed by atoms with Gasteiger partial charge < -0.3 is 10.2 Å². The van der Waals surface area contributed by atoms with E-state index in [2.05, 4.69) is 17.4 Å². The van der Waals surface area contributed by atoms with E-state index in [1.54, 1.807) is 4.90 Å². The summed E-state index contributed by atoms with van der Waals surface area (Å²) in [5, 5.41) is 2.90. The van der Waals surface area contributed by atoms with Crippen LogP contribution in [0.25, 0.3) is 0 Å². The van der Waals surface area contributed by atoms with Crippen LogP contribution in [0.3, 0.4) is 0 Å². The number of amides is 4. The number of nitrogens with one attached hydrogen (secondary N) is 1. The number of aryl methyl sites for hydroxylation is 1. The van der Waals surface area contributed by atoms with Crippen molar-refractivity contribution in [3.63, 3.8) is 0 Å². The molecule has 1 unspecified atom stereocenters. The minimum atomic E-state index is -0.916. The van der Waals surface area contributed by atoms with Crippen molar-refractivity contribution in [1.82, 2.24) is 15.1 Å². The van der Waals surface area contributed by atoms with Crippen LogP contribution in [0.2, 0.25) is 0 Å². The van der Waals surface area contributed by atoms with Gasteiger partial charge in [0.05, 0.1) is 0 Å². The van der Waals surface area contributed by atoms with Crippen molar-refractivity contribution in [1.29, 1.82) is 0 Å². The van der Waals surface area contributed by atoms with Crippen LogP contribution in [0.5, 0.6) is 0 Å². The minimum Gasteiger partial charge on any atom is -0.336 e.